The highest BCUT2D eigenvalue weighted by atomic mass is 32.2. The van der Waals surface area contributed by atoms with E-state index in [0.717, 1.165) is 43.0 Å². The predicted octanol–water partition coefficient (Wildman–Crippen LogP) is 3.37. The van der Waals surface area contributed by atoms with Gasteiger partial charge >= 0.3 is 0 Å². The summed E-state index contributed by atoms with van der Waals surface area (Å²) in [5, 5.41) is 1.45. The lowest BCUT2D eigenvalue weighted by Crippen LogP contribution is -2.27. The molecule has 6 nitrogen and oxygen atoms in total. The molecule has 1 aliphatic carbocycles. The molecule has 1 aliphatic heterocycles. The van der Waals surface area contributed by atoms with Crippen LogP contribution in [0.25, 0.3) is 21.7 Å². The van der Waals surface area contributed by atoms with Crippen molar-refractivity contribution in [2.75, 3.05) is 23.7 Å². The molecule has 2 aliphatic rings. The Hall–Kier alpha value is -1.93. The maximum absolute atomic E-state index is 12.4. The number of thiophene rings is 1. The molecule has 146 valence electrons. The van der Waals surface area contributed by atoms with Crippen LogP contribution in [0.4, 0.5) is 5.82 Å². The zero-order chi connectivity index (χ0) is 19.1. The van der Waals surface area contributed by atoms with Gasteiger partial charge in [0.1, 0.15) is 16.3 Å². The molecule has 1 saturated heterocycles. The van der Waals surface area contributed by atoms with Crippen molar-refractivity contribution < 1.29 is 4.21 Å². The van der Waals surface area contributed by atoms with Crippen molar-refractivity contribution in [1.29, 1.82) is 0 Å². The minimum Gasteiger partial charge on any atom is -0.355 e. The summed E-state index contributed by atoms with van der Waals surface area (Å²) in [6, 6.07) is 0. The van der Waals surface area contributed by atoms with Gasteiger partial charge in [-0.3, -0.25) is 9.19 Å². The van der Waals surface area contributed by atoms with Gasteiger partial charge in [-0.1, -0.05) is 6.92 Å². The number of anilines is 1. The lowest BCUT2D eigenvalue weighted by Gasteiger charge is -2.23. The molecule has 0 radical (unpaired) electrons. The normalized spacial score (nSPS) is 22.8. The molecular weight excluding hydrogens is 390 g/mol. The summed E-state index contributed by atoms with van der Waals surface area (Å²) in [5.41, 5.74) is 2.13. The van der Waals surface area contributed by atoms with E-state index in [0.29, 0.717) is 17.3 Å². The average Bonchev–Trinajstić information content (AvgIpc) is 3.03. The molecule has 8 heteroatoms. The standard InChI is InChI=1S/C20H23N5OS2/c1-13-6-9-25(10-11-28(13)26)19-17-14-4-2-3-5-16(14)27-20(17)24-18(23-19)15-12-21-7-8-22-15/h7-8,12-13H,2-6,9-11H2,1H3/t13-,28+/m0/s1. The minimum atomic E-state index is -0.769. The van der Waals surface area contributed by atoms with Crippen molar-refractivity contribution in [3.05, 3.63) is 29.0 Å². The van der Waals surface area contributed by atoms with Crippen LogP contribution in [0.3, 0.4) is 0 Å². The molecule has 5 rings (SSSR count). The second kappa shape index (κ2) is 7.48. The van der Waals surface area contributed by atoms with Crippen LogP contribution in [0.1, 0.15) is 36.6 Å². The van der Waals surface area contributed by atoms with Gasteiger partial charge in [0, 0.05) is 52.2 Å². The summed E-state index contributed by atoms with van der Waals surface area (Å²) in [4.78, 5) is 23.3. The molecule has 0 N–H and O–H groups in total. The lowest BCUT2D eigenvalue weighted by atomic mass is 9.97. The molecule has 1 fully saturated rings. The van der Waals surface area contributed by atoms with E-state index in [4.69, 9.17) is 9.97 Å². The Bertz CT molecular complexity index is 1040. The Kier molecular flexibility index (Phi) is 4.84. The summed E-state index contributed by atoms with van der Waals surface area (Å²) in [7, 11) is -0.769. The molecule has 2 atom stereocenters. The van der Waals surface area contributed by atoms with Crippen LogP contribution in [0.5, 0.6) is 0 Å². The number of aromatic nitrogens is 4. The topological polar surface area (TPSA) is 71.9 Å². The van der Waals surface area contributed by atoms with Crippen LogP contribution in [0, 0.1) is 0 Å². The van der Waals surface area contributed by atoms with Gasteiger partial charge in [0.15, 0.2) is 5.82 Å². The fourth-order valence-electron chi connectivity index (χ4n) is 4.09. The fraction of sp³-hybridized carbons (Fsp3) is 0.500. The average molecular weight is 414 g/mol. The van der Waals surface area contributed by atoms with Crippen molar-refractivity contribution >= 4 is 38.2 Å². The van der Waals surface area contributed by atoms with E-state index in [9.17, 15) is 4.21 Å². The third kappa shape index (κ3) is 3.22. The van der Waals surface area contributed by atoms with Gasteiger partial charge in [-0.05, 0) is 37.7 Å². The quantitative estimate of drug-likeness (QED) is 0.641. The van der Waals surface area contributed by atoms with Crippen LogP contribution in [-0.4, -0.2) is 48.2 Å². The summed E-state index contributed by atoms with van der Waals surface area (Å²) in [5.74, 6) is 2.32. The highest BCUT2D eigenvalue weighted by Crippen LogP contribution is 2.40. The van der Waals surface area contributed by atoms with Crippen molar-refractivity contribution in [3.8, 4) is 11.5 Å². The first-order valence-corrected chi connectivity index (χ1v) is 12.1. The second-order valence-electron chi connectivity index (χ2n) is 7.52. The van der Waals surface area contributed by atoms with Crippen molar-refractivity contribution in [3.63, 3.8) is 0 Å². The number of hydrogen-bond donors (Lipinski definition) is 0. The highest BCUT2D eigenvalue weighted by molar-refractivity contribution is 7.85. The first-order valence-electron chi connectivity index (χ1n) is 9.91. The van der Waals surface area contributed by atoms with E-state index in [1.54, 1.807) is 18.6 Å². The predicted molar refractivity (Wildman–Crippen MR) is 114 cm³/mol. The van der Waals surface area contributed by atoms with Crippen LogP contribution in [-0.2, 0) is 23.6 Å². The Labute approximate surface area is 170 Å². The van der Waals surface area contributed by atoms with Crippen LogP contribution < -0.4 is 4.90 Å². The van der Waals surface area contributed by atoms with Gasteiger partial charge in [0.2, 0.25) is 0 Å². The maximum atomic E-state index is 12.4. The summed E-state index contributed by atoms with van der Waals surface area (Å²) < 4.78 is 12.4. The Morgan fingerprint density at radius 1 is 1.18 bits per heavy atom. The summed E-state index contributed by atoms with van der Waals surface area (Å²) >= 11 is 1.81. The van der Waals surface area contributed by atoms with E-state index < -0.39 is 10.8 Å². The monoisotopic (exact) mass is 413 g/mol. The third-order valence-corrected chi connectivity index (χ3v) is 8.61. The van der Waals surface area contributed by atoms with Crippen molar-refractivity contribution in [2.45, 2.75) is 44.3 Å². The smallest absolute Gasteiger partial charge is 0.183 e. The Balaban J connectivity index is 1.68. The maximum Gasteiger partial charge on any atom is 0.183 e. The van der Waals surface area contributed by atoms with Gasteiger partial charge in [-0.2, -0.15) is 0 Å². The van der Waals surface area contributed by atoms with Crippen LogP contribution in [0.2, 0.25) is 0 Å². The van der Waals surface area contributed by atoms with E-state index in [2.05, 4.69) is 21.8 Å². The number of hydrogen-bond acceptors (Lipinski definition) is 7. The van der Waals surface area contributed by atoms with Crippen LogP contribution in [0.15, 0.2) is 18.6 Å². The molecule has 3 aromatic heterocycles. The first-order chi connectivity index (χ1) is 13.7. The Morgan fingerprint density at radius 3 is 2.93 bits per heavy atom. The van der Waals surface area contributed by atoms with Gasteiger partial charge in [-0.25, -0.2) is 15.0 Å². The minimum absolute atomic E-state index is 0.234. The third-order valence-electron chi connectivity index (χ3n) is 5.70. The molecule has 0 spiro atoms. The molecule has 28 heavy (non-hydrogen) atoms. The van der Waals surface area contributed by atoms with Gasteiger partial charge in [-0.15, -0.1) is 11.3 Å². The van der Waals surface area contributed by atoms with Crippen molar-refractivity contribution in [2.24, 2.45) is 0 Å². The number of fused-ring (bicyclic) bond motifs is 3. The largest absolute Gasteiger partial charge is 0.355 e. The summed E-state index contributed by atoms with van der Waals surface area (Å²) in [6.07, 6.45) is 10.7. The van der Waals surface area contributed by atoms with Gasteiger partial charge in [0.05, 0.1) is 11.6 Å². The fourth-order valence-corrected chi connectivity index (χ4v) is 6.52. The van der Waals surface area contributed by atoms with Crippen molar-refractivity contribution in [1.82, 2.24) is 19.9 Å². The molecule has 0 unspecified atom stereocenters. The molecule has 0 amide bonds. The number of aryl methyl sites for hydroxylation is 2. The van der Waals surface area contributed by atoms with E-state index in [-0.39, 0.29) is 5.25 Å². The van der Waals surface area contributed by atoms with Gasteiger partial charge < -0.3 is 4.90 Å². The molecule has 0 aromatic carbocycles. The first kappa shape index (κ1) is 18.1. The zero-order valence-electron chi connectivity index (χ0n) is 15.9. The summed E-state index contributed by atoms with van der Waals surface area (Å²) in [6.45, 7) is 3.74. The molecule has 0 bridgehead atoms. The second-order valence-corrected chi connectivity index (χ2v) is 10.6. The van der Waals surface area contributed by atoms with E-state index in [1.165, 1.54) is 28.7 Å². The molecule has 0 saturated carbocycles. The molecule has 3 aromatic rings. The lowest BCUT2D eigenvalue weighted by molar-refractivity contribution is 0.671. The SMILES string of the molecule is C[C@H]1CCN(c2nc(-c3cnccn3)nc3sc4c(c23)CCCC4)CC[S@]1=O. The zero-order valence-corrected chi connectivity index (χ0v) is 17.6. The van der Waals surface area contributed by atoms with E-state index >= 15 is 0 Å². The number of rotatable bonds is 2. The van der Waals surface area contributed by atoms with E-state index in [1.807, 2.05) is 11.3 Å². The highest BCUT2D eigenvalue weighted by Gasteiger charge is 2.27. The number of nitrogens with zero attached hydrogens (tertiary/aromatic N) is 5. The Morgan fingerprint density at radius 2 is 2.07 bits per heavy atom. The van der Waals surface area contributed by atoms with Gasteiger partial charge in [0.25, 0.3) is 0 Å². The molecule has 4 heterocycles. The molecular formula is C20H23N5OS2. The van der Waals surface area contributed by atoms with Crippen LogP contribution >= 0.6 is 11.3 Å².